The summed E-state index contributed by atoms with van der Waals surface area (Å²) in [5, 5.41) is 13.9. The Morgan fingerprint density at radius 3 is 2.21 bits per heavy atom. The minimum Gasteiger partial charge on any atom is -0.362 e. The van der Waals surface area contributed by atoms with Gasteiger partial charge in [-0.15, -0.1) is 0 Å². The number of carbonyl (C=O) groups excluding carboxylic acids is 2. The van der Waals surface area contributed by atoms with Gasteiger partial charge in [0.25, 0.3) is 5.69 Å². The van der Waals surface area contributed by atoms with Crippen LogP contribution in [0.15, 0.2) is 18.2 Å². The van der Waals surface area contributed by atoms with Crippen LogP contribution in [0.2, 0.25) is 0 Å². The third-order valence-corrected chi connectivity index (χ3v) is 4.72. The predicted octanol–water partition coefficient (Wildman–Crippen LogP) is 2.42. The number of nitro benzene ring substituents is 1. The number of amides is 2. The molecule has 0 saturated carbocycles. The number of anilines is 1. The summed E-state index contributed by atoms with van der Waals surface area (Å²) in [6.07, 6.45) is -4.68. The highest BCUT2D eigenvalue weighted by molar-refractivity contribution is 5.87. The van der Waals surface area contributed by atoms with Gasteiger partial charge in [-0.1, -0.05) is 13.8 Å². The minimum absolute atomic E-state index is 0.0809. The van der Waals surface area contributed by atoms with Crippen LogP contribution in [0.5, 0.6) is 0 Å². The van der Waals surface area contributed by atoms with Gasteiger partial charge in [-0.3, -0.25) is 19.7 Å². The summed E-state index contributed by atoms with van der Waals surface area (Å²) in [5.74, 6) is -0.701. The summed E-state index contributed by atoms with van der Waals surface area (Å²) >= 11 is 0. The zero-order valence-corrected chi connectivity index (χ0v) is 16.3. The number of nitrogens with zero attached hydrogens (tertiary/aromatic N) is 3. The van der Waals surface area contributed by atoms with Gasteiger partial charge < -0.3 is 15.1 Å². The van der Waals surface area contributed by atoms with E-state index in [1.807, 2.05) is 0 Å². The zero-order valence-electron chi connectivity index (χ0n) is 16.3. The topological polar surface area (TPSA) is 95.8 Å². The van der Waals surface area contributed by atoms with E-state index in [2.05, 4.69) is 5.32 Å². The molecule has 1 heterocycles. The molecule has 0 aliphatic carbocycles. The fourth-order valence-corrected chi connectivity index (χ4v) is 3.21. The van der Waals surface area contributed by atoms with Crippen LogP contribution in [0.25, 0.3) is 0 Å². The van der Waals surface area contributed by atoms with Crippen LogP contribution in [-0.2, 0) is 15.8 Å². The van der Waals surface area contributed by atoms with E-state index in [-0.39, 0.29) is 49.6 Å². The van der Waals surface area contributed by atoms with Crippen molar-refractivity contribution in [1.82, 2.24) is 10.2 Å². The average Bonchev–Trinajstić information content (AvgIpc) is 2.64. The average molecular weight is 416 g/mol. The van der Waals surface area contributed by atoms with Gasteiger partial charge in [-0.05, 0) is 18.1 Å². The number of nitrogens with one attached hydrogen (secondary N) is 1. The number of rotatable bonds is 5. The molecule has 8 nitrogen and oxygen atoms in total. The van der Waals surface area contributed by atoms with E-state index in [4.69, 9.17) is 0 Å². The number of halogens is 3. The fraction of sp³-hybridized carbons (Fsp3) is 0.556. The monoisotopic (exact) mass is 416 g/mol. The van der Waals surface area contributed by atoms with Gasteiger partial charge in [0.05, 0.1) is 10.5 Å². The maximum Gasteiger partial charge on any atom is 0.416 e. The molecule has 2 rings (SSSR count). The standard InChI is InChI=1S/C18H23F3N4O4/c1-11(2)16(22-12(3)26)17(27)24-8-6-23(7-9-24)14-5-4-13(18(19,20)21)10-15(14)25(28)29/h4-5,10-11,16H,6-9H2,1-3H3,(H,22,26)/t16-/m0/s1. The highest BCUT2D eigenvalue weighted by Crippen LogP contribution is 2.36. The fourth-order valence-electron chi connectivity index (χ4n) is 3.21. The van der Waals surface area contributed by atoms with E-state index in [9.17, 15) is 32.9 Å². The van der Waals surface area contributed by atoms with Crippen LogP contribution in [0.3, 0.4) is 0 Å². The van der Waals surface area contributed by atoms with Crippen LogP contribution in [0.1, 0.15) is 26.3 Å². The summed E-state index contributed by atoms with van der Waals surface area (Å²) < 4.78 is 38.6. The second-order valence-corrected chi connectivity index (χ2v) is 7.19. The van der Waals surface area contributed by atoms with Gasteiger partial charge in [0, 0.05) is 39.2 Å². The third-order valence-electron chi connectivity index (χ3n) is 4.72. The van der Waals surface area contributed by atoms with Crippen LogP contribution in [-0.4, -0.2) is 53.9 Å². The summed E-state index contributed by atoms with van der Waals surface area (Å²) in [5.41, 5.74) is -1.63. The molecule has 1 aliphatic heterocycles. The van der Waals surface area contributed by atoms with E-state index < -0.39 is 28.4 Å². The van der Waals surface area contributed by atoms with Crippen molar-refractivity contribution < 1.29 is 27.7 Å². The van der Waals surface area contributed by atoms with Crippen LogP contribution in [0.4, 0.5) is 24.5 Å². The van der Waals surface area contributed by atoms with Gasteiger partial charge >= 0.3 is 6.18 Å². The Labute approximate surface area is 165 Å². The molecule has 0 radical (unpaired) electrons. The summed E-state index contributed by atoms with van der Waals surface area (Å²) in [6.45, 7) is 5.86. The number of nitro groups is 1. The van der Waals surface area contributed by atoms with Crippen molar-refractivity contribution in [3.05, 3.63) is 33.9 Å². The van der Waals surface area contributed by atoms with Crippen molar-refractivity contribution in [2.75, 3.05) is 31.1 Å². The number of hydrogen-bond donors (Lipinski definition) is 1. The highest BCUT2D eigenvalue weighted by Gasteiger charge is 2.35. The maximum atomic E-state index is 12.9. The molecule has 1 fully saturated rings. The molecule has 0 bridgehead atoms. The Morgan fingerprint density at radius 2 is 1.76 bits per heavy atom. The Balaban J connectivity index is 2.15. The summed E-state index contributed by atoms with van der Waals surface area (Å²) in [6, 6.07) is 1.75. The van der Waals surface area contributed by atoms with Crippen molar-refractivity contribution in [2.24, 2.45) is 5.92 Å². The van der Waals surface area contributed by atoms with Crippen molar-refractivity contribution >= 4 is 23.2 Å². The molecular weight excluding hydrogens is 393 g/mol. The summed E-state index contributed by atoms with van der Waals surface area (Å²) in [4.78, 5) is 37.6. The van der Waals surface area contributed by atoms with E-state index in [0.29, 0.717) is 6.07 Å². The number of piperazine rings is 1. The van der Waals surface area contributed by atoms with Crippen LogP contribution >= 0.6 is 0 Å². The van der Waals surface area contributed by atoms with E-state index in [1.165, 1.54) is 6.92 Å². The molecule has 2 amide bonds. The molecule has 29 heavy (non-hydrogen) atoms. The lowest BCUT2D eigenvalue weighted by Crippen LogP contribution is -2.56. The molecule has 0 aromatic heterocycles. The zero-order chi connectivity index (χ0) is 21.9. The molecule has 1 aromatic carbocycles. The van der Waals surface area contributed by atoms with Crippen molar-refractivity contribution in [3.8, 4) is 0 Å². The molecule has 1 aliphatic rings. The van der Waals surface area contributed by atoms with Gasteiger partial charge in [-0.25, -0.2) is 0 Å². The van der Waals surface area contributed by atoms with Gasteiger partial charge in [0.1, 0.15) is 11.7 Å². The quantitative estimate of drug-likeness (QED) is 0.588. The molecule has 1 aromatic rings. The Kier molecular flexibility index (Phi) is 6.70. The largest absolute Gasteiger partial charge is 0.416 e. The number of alkyl halides is 3. The first-order valence-electron chi connectivity index (χ1n) is 9.08. The number of carbonyl (C=O) groups is 2. The lowest BCUT2D eigenvalue weighted by molar-refractivity contribution is -0.384. The third kappa shape index (κ3) is 5.36. The Morgan fingerprint density at radius 1 is 1.17 bits per heavy atom. The molecule has 1 atom stereocenters. The minimum atomic E-state index is -4.68. The van der Waals surface area contributed by atoms with Crippen LogP contribution < -0.4 is 10.2 Å². The lowest BCUT2D eigenvalue weighted by Gasteiger charge is -2.38. The molecule has 0 unspecified atom stereocenters. The molecular formula is C18H23F3N4O4. The smallest absolute Gasteiger partial charge is 0.362 e. The SMILES string of the molecule is CC(=O)N[C@H](C(=O)N1CCN(c2ccc(C(F)(F)F)cc2[N+](=O)[O-])CC1)C(C)C. The molecule has 0 spiro atoms. The van der Waals surface area contributed by atoms with Crippen molar-refractivity contribution in [1.29, 1.82) is 0 Å². The molecule has 1 N–H and O–H groups in total. The second kappa shape index (κ2) is 8.66. The molecule has 160 valence electrons. The summed E-state index contributed by atoms with van der Waals surface area (Å²) in [7, 11) is 0. The Bertz CT molecular complexity index is 790. The second-order valence-electron chi connectivity index (χ2n) is 7.19. The normalized spacial score (nSPS) is 16.0. The van der Waals surface area contributed by atoms with Crippen molar-refractivity contribution in [3.63, 3.8) is 0 Å². The van der Waals surface area contributed by atoms with Gasteiger partial charge in [-0.2, -0.15) is 13.2 Å². The highest BCUT2D eigenvalue weighted by atomic mass is 19.4. The lowest BCUT2D eigenvalue weighted by atomic mass is 10.0. The first-order valence-corrected chi connectivity index (χ1v) is 9.08. The number of hydrogen-bond acceptors (Lipinski definition) is 5. The Hall–Kier alpha value is -2.85. The first kappa shape index (κ1) is 22.4. The van der Waals surface area contributed by atoms with Gasteiger partial charge in [0.2, 0.25) is 11.8 Å². The van der Waals surface area contributed by atoms with Crippen LogP contribution in [0, 0.1) is 16.0 Å². The van der Waals surface area contributed by atoms with E-state index in [0.717, 1.165) is 12.1 Å². The van der Waals surface area contributed by atoms with E-state index in [1.54, 1.807) is 23.6 Å². The van der Waals surface area contributed by atoms with Gasteiger partial charge in [0.15, 0.2) is 0 Å². The molecule has 1 saturated heterocycles. The van der Waals surface area contributed by atoms with E-state index >= 15 is 0 Å². The first-order chi connectivity index (χ1) is 13.4. The molecule has 11 heteroatoms. The maximum absolute atomic E-state index is 12.9. The van der Waals surface area contributed by atoms with Crippen molar-refractivity contribution in [2.45, 2.75) is 33.0 Å². The number of benzene rings is 1. The predicted molar refractivity (Wildman–Crippen MR) is 99.3 cm³/mol.